The van der Waals surface area contributed by atoms with Crippen LogP contribution in [0, 0.1) is 5.82 Å². The Labute approximate surface area is 183 Å². The summed E-state index contributed by atoms with van der Waals surface area (Å²) in [5, 5.41) is 4.11. The molecule has 0 radical (unpaired) electrons. The number of benzene rings is 2. The Morgan fingerprint density at radius 1 is 1.16 bits per heavy atom. The van der Waals surface area contributed by atoms with Gasteiger partial charge in [-0.05, 0) is 42.8 Å². The number of imidazole rings is 1. The third-order valence-electron chi connectivity index (χ3n) is 5.32. The lowest BCUT2D eigenvalue weighted by Gasteiger charge is -2.25. The van der Waals surface area contributed by atoms with Gasteiger partial charge in [-0.25, -0.2) is 9.37 Å². The predicted molar refractivity (Wildman–Crippen MR) is 113 cm³/mol. The summed E-state index contributed by atoms with van der Waals surface area (Å²) < 4.78 is 37.7. The number of rotatable bonds is 6. The van der Waals surface area contributed by atoms with Crippen LogP contribution >= 0.6 is 0 Å². The fourth-order valence-corrected chi connectivity index (χ4v) is 3.71. The Hall–Kier alpha value is -3.72. The highest BCUT2D eigenvalue weighted by Gasteiger charge is 2.26. The van der Waals surface area contributed by atoms with E-state index in [1.165, 1.54) is 12.1 Å². The van der Waals surface area contributed by atoms with Gasteiger partial charge in [0.25, 0.3) is 5.89 Å². The molecule has 0 saturated heterocycles. The number of halogens is 1. The molecular formula is C23H21FN4O4. The first-order valence-corrected chi connectivity index (χ1v) is 10.2. The first-order valence-electron chi connectivity index (χ1n) is 10.2. The third kappa shape index (κ3) is 3.71. The monoisotopic (exact) mass is 436 g/mol. The zero-order chi connectivity index (χ0) is 22.1. The Balaban J connectivity index is 1.39. The highest BCUT2D eigenvalue weighted by atomic mass is 19.1. The average Bonchev–Trinajstić information content (AvgIpc) is 3.46. The van der Waals surface area contributed by atoms with Crippen LogP contribution in [0.5, 0.6) is 11.5 Å². The van der Waals surface area contributed by atoms with E-state index in [-0.39, 0.29) is 11.9 Å². The maximum absolute atomic E-state index is 13.2. The maximum Gasteiger partial charge on any atom is 0.278 e. The molecule has 2 aromatic carbocycles. The van der Waals surface area contributed by atoms with Gasteiger partial charge in [0.1, 0.15) is 11.9 Å². The molecule has 164 valence electrons. The number of methoxy groups -OCH3 is 1. The van der Waals surface area contributed by atoms with Crippen LogP contribution in [0.15, 0.2) is 53.3 Å². The minimum atomic E-state index is -0.271. The lowest BCUT2D eigenvalue weighted by molar-refractivity contribution is 0.00326. The molecule has 1 unspecified atom stereocenters. The van der Waals surface area contributed by atoms with E-state index in [9.17, 15) is 4.39 Å². The van der Waals surface area contributed by atoms with Gasteiger partial charge in [-0.3, -0.25) is 0 Å². The van der Waals surface area contributed by atoms with Gasteiger partial charge in [0.05, 0.1) is 38.9 Å². The second-order valence-corrected chi connectivity index (χ2v) is 7.27. The van der Waals surface area contributed by atoms with Crippen molar-refractivity contribution in [1.29, 1.82) is 0 Å². The number of aromatic nitrogens is 4. The third-order valence-corrected chi connectivity index (χ3v) is 5.32. The quantitative estimate of drug-likeness (QED) is 0.442. The molecule has 32 heavy (non-hydrogen) atoms. The standard InChI is InChI=1S/C23H21FN4O4/c1-3-30-19-10-15(6-9-18(19)29-2)22-26-23(32-27-22)21-17-12-31-20(11-28(17)13-25-21)14-4-7-16(24)8-5-14/h4-10,13,20H,3,11-12H2,1-2H3. The Morgan fingerprint density at radius 2 is 2.00 bits per heavy atom. The second kappa shape index (κ2) is 8.43. The fourth-order valence-electron chi connectivity index (χ4n) is 3.71. The van der Waals surface area contributed by atoms with Crippen molar-refractivity contribution >= 4 is 0 Å². The van der Waals surface area contributed by atoms with Crippen LogP contribution in [-0.2, 0) is 17.9 Å². The van der Waals surface area contributed by atoms with Gasteiger partial charge < -0.3 is 23.3 Å². The molecule has 8 nitrogen and oxygen atoms in total. The summed E-state index contributed by atoms with van der Waals surface area (Å²) in [5.41, 5.74) is 3.09. The molecule has 0 amide bonds. The Kier molecular flexibility index (Phi) is 5.32. The number of hydrogen-bond acceptors (Lipinski definition) is 7. The number of hydrogen-bond donors (Lipinski definition) is 0. The van der Waals surface area contributed by atoms with Crippen LogP contribution in [0.4, 0.5) is 4.39 Å². The molecule has 0 saturated carbocycles. The summed E-state index contributed by atoms with van der Waals surface area (Å²) in [5.74, 6) is 1.71. The highest BCUT2D eigenvalue weighted by molar-refractivity contribution is 5.63. The van der Waals surface area contributed by atoms with E-state index in [4.69, 9.17) is 18.7 Å². The molecule has 0 fully saturated rings. The van der Waals surface area contributed by atoms with Crippen molar-refractivity contribution in [1.82, 2.24) is 19.7 Å². The number of ether oxygens (including phenoxy) is 3. The van der Waals surface area contributed by atoms with Gasteiger partial charge in [-0.1, -0.05) is 17.3 Å². The van der Waals surface area contributed by atoms with Crippen molar-refractivity contribution in [2.75, 3.05) is 13.7 Å². The summed E-state index contributed by atoms with van der Waals surface area (Å²) in [4.78, 5) is 9.00. The van der Waals surface area contributed by atoms with E-state index in [2.05, 4.69) is 15.1 Å². The van der Waals surface area contributed by atoms with Gasteiger partial charge in [-0.15, -0.1) is 0 Å². The van der Waals surface area contributed by atoms with Crippen LogP contribution in [-0.4, -0.2) is 33.4 Å². The van der Waals surface area contributed by atoms with Gasteiger partial charge in [0.2, 0.25) is 5.82 Å². The smallest absolute Gasteiger partial charge is 0.278 e. The summed E-state index contributed by atoms with van der Waals surface area (Å²) >= 11 is 0. The first-order chi connectivity index (χ1) is 15.7. The van der Waals surface area contributed by atoms with Gasteiger partial charge in [0, 0.05) is 5.56 Å². The molecule has 0 N–H and O–H groups in total. The molecule has 1 aliphatic rings. The van der Waals surface area contributed by atoms with Crippen molar-refractivity contribution in [3.63, 3.8) is 0 Å². The number of fused-ring (bicyclic) bond motifs is 1. The Morgan fingerprint density at radius 3 is 2.78 bits per heavy atom. The molecule has 3 heterocycles. The van der Waals surface area contributed by atoms with Gasteiger partial charge in [-0.2, -0.15) is 4.98 Å². The topological polar surface area (TPSA) is 84.4 Å². The summed E-state index contributed by atoms with van der Waals surface area (Å²) in [6, 6.07) is 11.8. The summed E-state index contributed by atoms with van der Waals surface area (Å²) in [7, 11) is 1.59. The SMILES string of the molecule is CCOc1cc(-c2noc(-c3ncn4c3COC(c3ccc(F)cc3)C4)n2)ccc1OC. The second-order valence-electron chi connectivity index (χ2n) is 7.27. The van der Waals surface area contributed by atoms with Crippen molar-refractivity contribution in [3.05, 3.63) is 65.9 Å². The molecule has 5 rings (SSSR count). The first kappa shape index (κ1) is 20.2. The minimum absolute atomic E-state index is 0.181. The minimum Gasteiger partial charge on any atom is -0.493 e. The summed E-state index contributed by atoms with van der Waals surface area (Å²) in [6.07, 6.45) is 1.55. The van der Waals surface area contributed by atoms with Crippen LogP contribution in [0.3, 0.4) is 0 Å². The lowest BCUT2D eigenvalue weighted by Crippen LogP contribution is -2.20. The number of nitrogens with zero attached hydrogens (tertiary/aromatic N) is 4. The molecule has 9 heteroatoms. The molecule has 0 spiro atoms. The van der Waals surface area contributed by atoms with E-state index in [1.807, 2.05) is 23.6 Å². The van der Waals surface area contributed by atoms with Crippen LogP contribution in [0.2, 0.25) is 0 Å². The van der Waals surface area contributed by atoms with Crippen LogP contribution in [0.25, 0.3) is 23.0 Å². The normalized spacial score (nSPS) is 15.4. The Bertz CT molecular complexity index is 1240. The predicted octanol–water partition coefficient (Wildman–Crippen LogP) is 4.42. The zero-order valence-electron chi connectivity index (χ0n) is 17.6. The largest absolute Gasteiger partial charge is 0.493 e. The van der Waals surface area contributed by atoms with E-state index in [0.717, 1.165) is 16.8 Å². The van der Waals surface area contributed by atoms with Gasteiger partial charge in [0.15, 0.2) is 17.2 Å². The van der Waals surface area contributed by atoms with E-state index in [1.54, 1.807) is 31.6 Å². The van der Waals surface area contributed by atoms with E-state index < -0.39 is 0 Å². The maximum atomic E-state index is 13.2. The van der Waals surface area contributed by atoms with Crippen molar-refractivity contribution < 1.29 is 23.1 Å². The average molecular weight is 436 g/mol. The van der Waals surface area contributed by atoms with E-state index >= 15 is 0 Å². The van der Waals surface area contributed by atoms with Crippen molar-refractivity contribution in [2.45, 2.75) is 26.2 Å². The van der Waals surface area contributed by atoms with Crippen LogP contribution in [0.1, 0.15) is 24.3 Å². The zero-order valence-corrected chi connectivity index (χ0v) is 17.6. The molecule has 4 aromatic rings. The molecule has 2 aromatic heterocycles. The molecule has 0 bridgehead atoms. The van der Waals surface area contributed by atoms with Gasteiger partial charge >= 0.3 is 0 Å². The van der Waals surface area contributed by atoms with Crippen LogP contribution < -0.4 is 9.47 Å². The van der Waals surface area contributed by atoms with Crippen molar-refractivity contribution in [2.24, 2.45) is 0 Å². The highest BCUT2D eigenvalue weighted by Crippen LogP contribution is 2.34. The molecule has 0 aliphatic carbocycles. The summed E-state index contributed by atoms with van der Waals surface area (Å²) in [6.45, 7) is 3.30. The molecule has 1 aliphatic heterocycles. The molecular weight excluding hydrogens is 415 g/mol. The van der Waals surface area contributed by atoms with E-state index in [0.29, 0.717) is 48.7 Å². The molecule has 1 atom stereocenters. The fraction of sp³-hybridized carbons (Fsp3) is 0.261. The lowest BCUT2D eigenvalue weighted by atomic mass is 10.1. The van der Waals surface area contributed by atoms with Crippen molar-refractivity contribution in [3.8, 4) is 34.5 Å².